The normalized spacial score (nSPS) is 15.8. The van der Waals surface area contributed by atoms with Gasteiger partial charge in [-0.05, 0) is 12.1 Å². The number of aromatic amines is 1. The number of halogens is 1. The van der Waals surface area contributed by atoms with Gasteiger partial charge >= 0.3 is 0 Å². The van der Waals surface area contributed by atoms with E-state index in [9.17, 15) is 4.79 Å². The first-order valence-corrected chi connectivity index (χ1v) is 6.55. The zero-order valence-corrected chi connectivity index (χ0v) is 11.0. The van der Waals surface area contributed by atoms with Crippen molar-refractivity contribution in [3.63, 3.8) is 0 Å². The summed E-state index contributed by atoms with van der Waals surface area (Å²) >= 11 is 6.17. The zero-order valence-electron chi connectivity index (χ0n) is 10.2. The summed E-state index contributed by atoms with van der Waals surface area (Å²) in [6, 6.07) is 5.89. The Morgan fingerprint density at radius 1 is 1.32 bits per heavy atom. The number of fused-ring (bicyclic) bond motifs is 1. The lowest BCUT2D eigenvalue weighted by Crippen LogP contribution is -2.33. The van der Waals surface area contributed by atoms with Crippen LogP contribution in [0.4, 0.5) is 5.69 Å². The summed E-state index contributed by atoms with van der Waals surface area (Å²) in [6.07, 6.45) is 2.83. The number of nitrogens with one attached hydrogen (secondary N) is 1. The van der Waals surface area contributed by atoms with Crippen LogP contribution in [0.25, 0.3) is 10.9 Å². The Labute approximate surface area is 115 Å². The predicted octanol–water partition coefficient (Wildman–Crippen LogP) is 2.86. The smallest absolute Gasteiger partial charge is 0.136 e. The third-order valence-electron chi connectivity index (χ3n) is 3.54. The summed E-state index contributed by atoms with van der Waals surface area (Å²) in [5.41, 5.74) is 2.43. The average molecular weight is 274 g/mol. The molecule has 1 aliphatic rings. The highest BCUT2D eigenvalue weighted by Gasteiger charge is 2.20. The van der Waals surface area contributed by atoms with E-state index in [1.165, 1.54) is 0 Å². The van der Waals surface area contributed by atoms with Gasteiger partial charge in [0.25, 0.3) is 0 Å². The van der Waals surface area contributed by atoms with Crippen LogP contribution in [0.5, 0.6) is 0 Å². The average Bonchev–Trinajstić information content (AvgIpc) is 2.85. The van der Waals surface area contributed by atoms with Gasteiger partial charge in [0.15, 0.2) is 0 Å². The van der Waals surface area contributed by atoms with Crippen LogP contribution in [0.3, 0.4) is 0 Å². The Morgan fingerprint density at radius 3 is 2.74 bits per heavy atom. The molecule has 1 fully saturated rings. The molecule has 4 nitrogen and oxygen atoms in total. The molecule has 0 radical (unpaired) electrons. The molecule has 5 heteroatoms. The molecule has 1 N–H and O–H groups in total. The Bertz CT molecular complexity index is 689. The van der Waals surface area contributed by atoms with E-state index in [1.54, 1.807) is 6.20 Å². The number of rotatable bonds is 1. The van der Waals surface area contributed by atoms with E-state index < -0.39 is 0 Å². The molecule has 0 aliphatic carbocycles. The molecule has 0 saturated carbocycles. The summed E-state index contributed by atoms with van der Waals surface area (Å²) in [6.45, 7) is 1.44. The van der Waals surface area contributed by atoms with Gasteiger partial charge in [0.1, 0.15) is 11.9 Å². The number of piperidine rings is 1. The van der Waals surface area contributed by atoms with Crippen molar-refractivity contribution in [2.24, 2.45) is 0 Å². The maximum atomic E-state index is 11.3. The molecule has 1 aromatic heterocycles. The van der Waals surface area contributed by atoms with Crippen LogP contribution < -0.4 is 4.90 Å². The van der Waals surface area contributed by atoms with Crippen LogP contribution in [0.2, 0.25) is 5.02 Å². The number of nitrogens with zero attached hydrogens (tertiary/aromatic N) is 2. The summed E-state index contributed by atoms with van der Waals surface area (Å²) in [5.74, 6) is 0.311. The summed E-state index contributed by atoms with van der Waals surface area (Å²) < 4.78 is 0. The van der Waals surface area contributed by atoms with Crippen LogP contribution >= 0.6 is 11.6 Å². The van der Waals surface area contributed by atoms with Crippen molar-refractivity contribution in [1.29, 1.82) is 5.26 Å². The highest BCUT2D eigenvalue weighted by Crippen LogP contribution is 2.34. The van der Waals surface area contributed by atoms with Gasteiger partial charge in [0, 0.05) is 37.5 Å². The Balaban J connectivity index is 2.10. The standard InChI is InChI=1S/C14H12ClN3O/c15-11-1-2-12(18-5-3-10(19)4-6-18)14-13(11)9(7-16)8-17-14/h1-2,8,17H,3-6H2. The second-order valence-corrected chi connectivity index (χ2v) is 5.06. The minimum atomic E-state index is 0.311. The van der Waals surface area contributed by atoms with Gasteiger partial charge in [-0.2, -0.15) is 5.26 Å². The first-order chi connectivity index (χ1) is 9.20. The third-order valence-corrected chi connectivity index (χ3v) is 3.86. The quantitative estimate of drug-likeness (QED) is 0.869. The van der Waals surface area contributed by atoms with Gasteiger partial charge in [-0.3, -0.25) is 4.79 Å². The molecule has 0 atom stereocenters. The van der Waals surface area contributed by atoms with Gasteiger partial charge in [-0.25, -0.2) is 0 Å². The van der Waals surface area contributed by atoms with Crippen molar-refractivity contribution in [3.05, 3.63) is 28.9 Å². The lowest BCUT2D eigenvalue weighted by molar-refractivity contribution is -0.119. The highest BCUT2D eigenvalue weighted by atomic mass is 35.5. The van der Waals surface area contributed by atoms with E-state index in [-0.39, 0.29) is 0 Å². The van der Waals surface area contributed by atoms with Crippen LogP contribution in [-0.2, 0) is 4.79 Å². The van der Waals surface area contributed by atoms with Crippen LogP contribution in [0.1, 0.15) is 18.4 Å². The van der Waals surface area contributed by atoms with Gasteiger partial charge in [0.2, 0.25) is 0 Å². The topological polar surface area (TPSA) is 59.9 Å². The van der Waals surface area contributed by atoms with Gasteiger partial charge < -0.3 is 9.88 Å². The maximum Gasteiger partial charge on any atom is 0.136 e. The number of anilines is 1. The van der Waals surface area contributed by atoms with Crippen molar-refractivity contribution in [2.45, 2.75) is 12.8 Å². The largest absolute Gasteiger partial charge is 0.369 e. The molecule has 0 spiro atoms. The minimum absolute atomic E-state index is 0.311. The SMILES string of the molecule is N#Cc1c[nH]c2c(N3CCC(=O)CC3)ccc(Cl)c12. The van der Waals surface area contributed by atoms with Crippen molar-refractivity contribution >= 4 is 34.0 Å². The van der Waals surface area contributed by atoms with E-state index in [1.807, 2.05) is 12.1 Å². The minimum Gasteiger partial charge on any atom is -0.369 e. The van der Waals surface area contributed by atoms with Crippen molar-refractivity contribution in [3.8, 4) is 6.07 Å². The third kappa shape index (κ3) is 1.96. The first-order valence-electron chi connectivity index (χ1n) is 6.17. The Hall–Kier alpha value is -1.99. The summed E-state index contributed by atoms with van der Waals surface area (Å²) in [7, 11) is 0. The molecule has 2 aromatic rings. The zero-order chi connectivity index (χ0) is 13.4. The fourth-order valence-corrected chi connectivity index (χ4v) is 2.80. The second-order valence-electron chi connectivity index (χ2n) is 4.66. The molecule has 3 rings (SSSR count). The van der Waals surface area contributed by atoms with Crippen LogP contribution in [0.15, 0.2) is 18.3 Å². The molecular weight excluding hydrogens is 262 g/mol. The van der Waals surface area contributed by atoms with Crippen LogP contribution in [0, 0.1) is 11.3 Å². The van der Waals surface area contributed by atoms with E-state index in [0.717, 1.165) is 29.7 Å². The molecular formula is C14H12ClN3O. The number of hydrogen-bond donors (Lipinski definition) is 1. The fourth-order valence-electron chi connectivity index (χ4n) is 2.54. The fraction of sp³-hybridized carbons (Fsp3) is 0.286. The first kappa shape index (κ1) is 12.1. The Morgan fingerprint density at radius 2 is 2.05 bits per heavy atom. The number of aromatic nitrogens is 1. The van der Waals surface area contributed by atoms with Gasteiger partial charge in [-0.1, -0.05) is 11.6 Å². The summed E-state index contributed by atoms with van der Waals surface area (Å²) in [5, 5.41) is 10.4. The molecule has 96 valence electrons. The molecule has 0 bridgehead atoms. The lowest BCUT2D eigenvalue weighted by atomic mass is 10.1. The van der Waals surface area contributed by atoms with Crippen LogP contribution in [-0.4, -0.2) is 23.9 Å². The van der Waals surface area contributed by atoms with E-state index in [0.29, 0.717) is 29.2 Å². The number of benzene rings is 1. The van der Waals surface area contributed by atoms with Gasteiger partial charge in [0.05, 0.1) is 21.8 Å². The highest BCUT2D eigenvalue weighted by molar-refractivity contribution is 6.36. The van der Waals surface area contributed by atoms with Crippen molar-refractivity contribution in [2.75, 3.05) is 18.0 Å². The molecule has 0 unspecified atom stereocenters. The molecule has 2 heterocycles. The number of ketones is 1. The van der Waals surface area contributed by atoms with Crippen molar-refractivity contribution in [1.82, 2.24) is 4.98 Å². The van der Waals surface area contributed by atoms with E-state index in [2.05, 4.69) is 16.0 Å². The monoisotopic (exact) mass is 273 g/mol. The predicted molar refractivity (Wildman–Crippen MR) is 74.5 cm³/mol. The van der Waals surface area contributed by atoms with Gasteiger partial charge in [-0.15, -0.1) is 0 Å². The summed E-state index contributed by atoms with van der Waals surface area (Å²) in [4.78, 5) is 16.6. The molecule has 0 amide bonds. The molecule has 1 aromatic carbocycles. The second kappa shape index (κ2) is 4.60. The molecule has 1 aliphatic heterocycles. The lowest BCUT2D eigenvalue weighted by Gasteiger charge is -2.28. The Kier molecular flexibility index (Phi) is 2.92. The maximum absolute atomic E-state index is 11.3. The number of Topliss-reactive ketones (excluding diaryl/α,β-unsaturated/α-hetero) is 1. The number of carbonyl (C=O) groups is 1. The number of carbonyl (C=O) groups excluding carboxylic acids is 1. The number of H-pyrrole nitrogens is 1. The van der Waals surface area contributed by atoms with E-state index in [4.69, 9.17) is 16.9 Å². The number of nitriles is 1. The molecule has 1 saturated heterocycles. The van der Waals surface area contributed by atoms with Crippen molar-refractivity contribution < 1.29 is 4.79 Å². The van der Waals surface area contributed by atoms with E-state index >= 15 is 0 Å². The molecule has 19 heavy (non-hydrogen) atoms. The number of hydrogen-bond acceptors (Lipinski definition) is 3.